The lowest BCUT2D eigenvalue weighted by atomic mass is 9.97. The van der Waals surface area contributed by atoms with Gasteiger partial charge in [-0.1, -0.05) is 12.1 Å². The summed E-state index contributed by atoms with van der Waals surface area (Å²) in [5.74, 6) is 0.735. The fraction of sp³-hybridized carbons (Fsp3) is 0.316. The van der Waals surface area contributed by atoms with Crippen LogP contribution in [0.1, 0.15) is 35.5 Å². The Kier molecular flexibility index (Phi) is 5.12. The highest BCUT2D eigenvalue weighted by Gasteiger charge is 2.33. The normalized spacial score (nSPS) is 14.0. The van der Waals surface area contributed by atoms with Gasteiger partial charge in [0.25, 0.3) is 0 Å². The van der Waals surface area contributed by atoms with Crippen LogP contribution < -0.4 is 5.49 Å². The van der Waals surface area contributed by atoms with E-state index in [1.54, 1.807) is 19.2 Å². The van der Waals surface area contributed by atoms with Crippen molar-refractivity contribution < 1.29 is 13.2 Å². The molecule has 0 spiro atoms. The van der Waals surface area contributed by atoms with E-state index in [2.05, 4.69) is 30.9 Å². The molecule has 0 amide bonds. The van der Waals surface area contributed by atoms with Crippen LogP contribution in [0.5, 0.6) is 0 Å². The maximum Gasteiger partial charge on any atom is 0.416 e. The summed E-state index contributed by atoms with van der Waals surface area (Å²) in [6.07, 6.45) is -2.67. The molecule has 27 heavy (non-hydrogen) atoms. The van der Waals surface area contributed by atoms with Crippen LogP contribution >= 0.6 is 15.9 Å². The van der Waals surface area contributed by atoms with Crippen molar-refractivity contribution in [2.24, 2.45) is 12.0 Å². The van der Waals surface area contributed by atoms with Crippen LogP contribution in [0.2, 0.25) is 0 Å². The third-order valence-corrected chi connectivity index (χ3v) is 5.09. The predicted octanol–water partition coefficient (Wildman–Crippen LogP) is 5.03. The van der Waals surface area contributed by atoms with E-state index in [4.69, 9.17) is 0 Å². The molecular formula is C19H18BrF3N4. The highest BCUT2D eigenvalue weighted by molar-refractivity contribution is 9.10. The fourth-order valence-electron chi connectivity index (χ4n) is 3.10. The molecule has 0 aliphatic carbocycles. The first-order chi connectivity index (χ1) is 12.6. The van der Waals surface area contributed by atoms with Crippen LogP contribution in [0.25, 0.3) is 10.9 Å². The van der Waals surface area contributed by atoms with Gasteiger partial charge in [0.1, 0.15) is 10.4 Å². The maximum atomic E-state index is 13.2. The van der Waals surface area contributed by atoms with Crippen LogP contribution in [-0.2, 0) is 13.2 Å². The molecule has 3 rings (SSSR count). The second-order valence-electron chi connectivity index (χ2n) is 6.39. The molecule has 0 saturated heterocycles. The Morgan fingerprint density at radius 3 is 2.59 bits per heavy atom. The minimum absolute atomic E-state index is 0.187. The van der Waals surface area contributed by atoms with Crippen molar-refractivity contribution in [1.82, 2.24) is 14.5 Å². The monoisotopic (exact) mass is 438 g/mol. The van der Waals surface area contributed by atoms with Crippen LogP contribution in [-0.4, -0.2) is 14.5 Å². The molecule has 2 aromatic heterocycles. The largest absolute Gasteiger partial charge is 0.416 e. The highest BCUT2D eigenvalue weighted by Crippen LogP contribution is 2.35. The van der Waals surface area contributed by atoms with E-state index in [-0.39, 0.29) is 5.56 Å². The molecule has 0 aliphatic rings. The zero-order chi connectivity index (χ0) is 19.9. The number of halogens is 4. The number of hydrogen-bond donors (Lipinski definition) is 0. The third kappa shape index (κ3) is 3.76. The van der Waals surface area contributed by atoms with E-state index < -0.39 is 17.8 Å². The van der Waals surface area contributed by atoms with Gasteiger partial charge in [-0.2, -0.15) is 13.2 Å². The summed E-state index contributed by atoms with van der Waals surface area (Å²) < 4.78 is 42.2. The SMILES string of the molecule is Cc1c(C(C)/N=c2\nc(C)n(C)c3cnc(Br)cc23)cccc1C(F)(F)F. The number of alkyl halides is 3. The van der Waals surface area contributed by atoms with Gasteiger partial charge in [-0.15, -0.1) is 0 Å². The average molecular weight is 439 g/mol. The van der Waals surface area contributed by atoms with Crippen molar-refractivity contribution in [2.75, 3.05) is 0 Å². The first kappa shape index (κ1) is 19.5. The first-order valence-electron chi connectivity index (χ1n) is 8.29. The summed E-state index contributed by atoms with van der Waals surface area (Å²) >= 11 is 3.35. The molecule has 0 N–H and O–H groups in total. The van der Waals surface area contributed by atoms with E-state index in [0.29, 0.717) is 15.7 Å². The fourth-order valence-corrected chi connectivity index (χ4v) is 3.43. The minimum atomic E-state index is -4.39. The second kappa shape index (κ2) is 7.07. The Labute approximate surface area is 162 Å². The lowest BCUT2D eigenvalue weighted by Gasteiger charge is -2.16. The Hall–Kier alpha value is -2.22. The molecule has 1 aromatic carbocycles. The van der Waals surface area contributed by atoms with E-state index >= 15 is 0 Å². The van der Waals surface area contributed by atoms with Gasteiger partial charge in [-0.25, -0.2) is 9.97 Å². The molecule has 4 nitrogen and oxygen atoms in total. The van der Waals surface area contributed by atoms with Crippen molar-refractivity contribution in [3.05, 3.63) is 63.1 Å². The number of fused-ring (bicyclic) bond motifs is 1. The first-order valence-corrected chi connectivity index (χ1v) is 9.08. The average Bonchev–Trinajstić information content (AvgIpc) is 2.58. The summed E-state index contributed by atoms with van der Waals surface area (Å²) in [4.78, 5) is 13.4. The molecule has 142 valence electrons. The van der Waals surface area contributed by atoms with Crippen LogP contribution in [0.4, 0.5) is 13.2 Å². The summed E-state index contributed by atoms with van der Waals surface area (Å²) in [6.45, 7) is 5.10. The van der Waals surface area contributed by atoms with E-state index in [9.17, 15) is 13.2 Å². The van der Waals surface area contributed by atoms with Crippen LogP contribution in [0.15, 0.2) is 40.1 Å². The number of aryl methyl sites for hydroxylation is 2. The molecule has 0 fully saturated rings. The lowest BCUT2D eigenvalue weighted by molar-refractivity contribution is -0.138. The van der Waals surface area contributed by atoms with Crippen molar-refractivity contribution >= 4 is 26.8 Å². The summed E-state index contributed by atoms with van der Waals surface area (Å²) in [5, 5.41) is 0.779. The molecular weight excluding hydrogens is 421 g/mol. The molecule has 8 heteroatoms. The Balaban J connectivity index is 2.21. The summed E-state index contributed by atoms with van der Waals surface area (Å²) in [5.41, 5.74) is 1.40. The molecule has 3 aromatic rings. The standard InChI is InChI=1S/C19H18BrF3N4/c1-10-13(6-5-7-15(10)19(21,22)23)11(2)25-18-14-8-17(20)24-9-16(14)27(4)12(3)26-18/h5-9,11H,1-4H3/b25-18-. The predicted molar refractivity (Wildman–Crippen MR) is 101 cm³/mol. The zero-order valence-electron chi connectivity index (χ0n) is 15.3. The highest BCUT2D eigenvalue weighted by atomic mass is 79.9. The number of aromatic nitrogens is 3. The van der Waals surface area contributed by atoms with Crippen molar-refractivity contribution in [3.63, 3.8) is 0 Å². The number of pyridine rings is 1. The molecule has 1 atom stereocenters. The van der Waals surface area contributed by atoms with E-state index in [1.165, 1.54) is 13.0 Å². The van der Waals surface area contributed by atoms with E-state index in [0.717, 1.165) is 22.8 Å². The molecule has 0 bridgehead atoms. The topological polar surface area (TPSA) is 43.1 Å². The zero-order valence-corrected chi connectivity index (χ0v) is 16.9. The van der Waals surface area contributed by atoms with Crippen molar-refractivity contribution in [1.29, 1.82) is 0 Å². The number of nitrogens with zero attached hydrogens (tertiary/aromatic N) is 4. The van der Waals surface area contributed by atoms with Gasteiger partial charge < -0.3 is 4.57 Å². The quantitative estimate of drug-likeness (QED) is 0.526. The van der Waals surface area contributed by atoms with Gasteiger partial charge >= 0.3 is 6.18 Å². The number of rotatable bonds is 2. The Bertz CT molecular complexity index is 1090. The van der Waals surface area contributed by atoms with Gasteiger partial charge in [0.2, 0.25) is 0 Å². The maximum absolute atomic E-state index is 13.2. The molecule has 2 heterocycles. The Morgan fingerprint density at radius 1 is 1.22 bits per heavy atom. The smallest absolute Gasteiger partial charge is 0.331 e. The number of benzene rings is 1. The van der Waals surface area contributed by atoms with E-state index in [1.807, 2.05) is 24.6 Å². The second-order valence-corrected chi connectivity index (χ2v) is 7.20. The van der Waals surface area contributed by atoms with Gasteiger partial charge in [0.15, 0.2) is 5.49 Å². The van der Waals surface area contributed by atoms with Gasteiger partial charge in [0, 0.05) is 12.4 Å². The van der Waals surface area contributed by atoms with Gasteiger partial charge in [-0.05, 0) is 60.0 Å². The van der Waals surface area contributed by atoms with Gasteiger partial charge in [0.05, 0.1) is 23.3 Å². The lowest BCUT2D eigenvalue weighted by Crippen LogP contribution is -2.18. The molecule has 1 unspecified atom stereocenters. The molecule has 0 radical (unpaired) electrons. The molecule has 0 saturated carbocycles. The number of hydrogen-bond acceptors (Lipinski definition) is 3. The minimum Gasteiger partial charge on any atom is -0.331 e. The van der Waals surface area contributed by atoms with Gasteiger partial charge in [-0.3, -0.25) is 4.99 Å². The molecule has 0 aliphatic heterocycles. The van der Waals surface area contributed by atoms with Crippen LogP contribution in [0.3, 0.4) is 0 Å². The third-order valence-electron chi connectivity index (χ3n) is 4.65. The van der Waals surface area contributed by atoms with Crippen molar-refractivity contribution in [3.8, 4) is 0 Å². The van der Waals surface area contributed by atoms with Crippen molar-refractivity contribution in [2.45, 2.75) is 33.0 Å². The summed E-state index contributed by atoms with van der Waals surface area (Å²) in [7, 11) is 1.88. The summed E-state index contributed by atoms with van der Waals surface area (Å²) in [6, 6.07) is 5.51. The van der Waals surface area contributed by atoms with Crippen LogP contribution in [0, 0.1) is 13.8 Å². The Morgan fingerprint density at radius 2 is 1.93 bits per heavy atom.